The van der Waals surface area contributed by atoms with Crippen molar-refractivity contribution in [2.45, 2.75) is 31.7 Å². The van der Waals surface area contributed by atoms with Gasteiger partial charge < -0.3 is 25.0 Å². The number of anilines is 4. The molecule has 2 aromatic carbocycles. The van der Waals surface area contributed by atoms with Crippen molar-refractivity contribution in [1.82, 2.24) is 14.5 Å². The van der Waals surface area contributed by atoms with Gasteiger partial charge in [-0.3, -0.25) is 0 Å². The molecule has 3 heterocycles. The third-order valence-corrected chi connectivity index (χ3v) is 7.22. The molecule has 36 heavy (non-hydrogen) atoms. The Labute approximate surface area is 204 Å². The predicted molar refractivity (Wildman–Crippen MR) is 129 cm³/mol. The number of pyridine rings is 1. The first-order valence-corrected chi connectivity index (χ1v) is 11.8. The minimum atomic E-state index is -1.03. The fourth-order valence-corrected chi connectivity index (χ4v) is 5.33. The van der Waals surface area contributed by atoms with Crippen LogP contribution in [0.5, 0.6) is 5.75 Å². The lowest BCUT2D eigenvalue weighted by Crippen LogP contribution is -2.42. The number of nitrogens with one attached hydrogen (secondary N) is 2. The molecule has 0 bridgehead atoms. The van der Waals surface area contributed by atoms with Crippen LogP contribution in [0.15, 0.2) is 48.7 Å². The Hall–Kier alpha value is -3.79. The number of ether oxygens (including phenoxy) is 1. The SMILES string of the molecule is Oc1ccc(Nc2cc3c(cn2)nc(Nc2c(F)cc(F)cc2F)n3C2CC3(CCOCC3)C2)cc1. The molecule has 0 unspecified atom stereocenters. The van der Waals surface area contributed by atoms with Crippen molar-refractivity contribution in [2.75, 3.05) is 23.8 Å². The number of phenolic OH excluding ortho intramolecular Hbond substituents is 1. The summed E-state index contributed by atoms with van der Waals surface area (Å²) in [5.41, 5.74) is 1.80. The van der Waals surface area contributed by atoms with Crippen LogP contribution in [0.1, 0.15) is 31.7 Å². The first-order chi connectivity index (χ1) is 17.4. The third-order valence-electron chi connectivity index (χ3n) is 7.22. The van der Waals surface area contributed by atoms with Crippen molar-refractivity contribution in [2.24, 2.45) is 5.41 Å². The molecule has 3 N–H and O–H groups in total. The Morgan fingerprint density at radius 1 is 0.972 bits per heavy atom. The van der Waals surface area contributed by atoms with E-state index in [1.165, 1.54) is 0 Å². The molecule has 1 saturated carbocycles. The molecule has 0 atom stereocenters. The van der Waals surface area contributed by atoms with Gasteiger partial charge >= 0.3 is 0 Å². The normalized spacial score (nSPS) is 17.3. The summed E-state index contributed by atoms with van der Waals surface area (Å²) in [7, 11) is 0. The number of imidazole rings is 1. The zero-order valence-corrected chi connectivity index (χ0v) is 19.3. The monoisotopic (exact) mass is 495 g/mol. The van der Waals surface area contributed by atoms with Crippen LogP contribution >= 0.6 is 0 Å². The number of aromatic nitrogens is 3. The summed E-state index contributed by atoms with van der Waals surface area (Å²) in [6.45, 7) is 1.47. The van der Waals surface area contributed by atoms with Gasteiger partial charge in [-0.05, 0) is 55.4 Å². The number of rotatable bonds is 5. The molecular weight excluding hydrogens is 471 g/mol. The maximum Gasteiger partial charge on any atom is 0.208 e. The predicted octanol–water partition coefficient (Wildman–Crippen LogP) is 6.17. The summed E-state index contributed by atoms with van der Waals surface area (Å²) in [5.74, 6) is -2.07. The molecule has 1 aliphatic heterocycles. The highest BCUT2D eigenvalue weighted by Gasteiger charge is 2.46. The van der Waals surface area contributed by atoms with Crippen LogP contribution in [0.4, 0.5) is 36.3 Å². The highest BCUT2D eigenvalue weighted by molar-refractivity contribution is 5.82. The van der Waals surface area contributed by atoms with Crippen LogP contribution in [0.2, 0.25) is 0 Å². The molecule has 10 heteroatoms. The first kappa shape index (κ1) is 22.7. The minimum absolute atomic E-state index is 0.0612. The molecule has 2 fully saturated rings. The number of fused-ring (bicyclic) bond motifs is 1. The third kappa shape index (κ3) is 4.11. The van der Waals surface area contributed by atoms with Crippen molar-refractivity contribution < 1.29 is 23.0 Å². The van der Waals surface area contributed by atoms with Gasteiger partial charge in [-0.15, -0.1) is 0 Å². The average molecular weight is 496 g/mol. The van der Waals surface area contributed by atoms with E-state index in [1.807, 2.05) is 10.6 Å². The van der Waals surface area contributed by atoms with Gasteiger partial charge in [0.25, 0.3) is 0 Å². The molecule has 2 aromatic heterocycles. The maximum atomic E-state index is 14.5. The van der Waals surface area contributed by atoms with Gasteiger partial charge in [-0.25, -0.2) is 23.1 Å². The molecule has 7 nitrogen and oxygen atoms in total. The second kappa shape index (κ2) is 8.70. The number of phenols is 1. The quantitative estimate of drug-likeness (QED) is 0.287. The average Bonchev–Trinajstić information content (AvgIpc) is 3.18. The lowest BCUT2D eigenvalue weighted by Gasteiger charge is -2.50. The van der Waals surface area contributed by atoms with E-state index in [2.05, 4.69) is 20.6 Å². The van der Waals surface area contributed by atoms with Crippen molar-refractivity contribution in [1.29, 1.82) is 0 Å². The lowest BCUT2D eigenvalue weighted by molar-refractivity contribution is -0.0528. The van der Waals surface area contributed by atoms with Gasteiger partial charge in [0.15, 0.2) is 11.6 Å². The zero-order valence-electron chi connectivity index (χ0n) is 19.3. The lowest BCUT2D eigenvalue weighted by atomic mass is 9.61. The Kier molecular flexibility index (Phi) is 5.48. The number of halogens is 3. The smallest absolute Gasteiger partial charge is 0.208 e. The maximum absolute atomic E-state index is 14.5. The van der Waals surface area contributed by atoms with Gasteiger partial charge in [0.2, 0.25) is 5.95 Å². The second-order valence-corrected chi connectivity index (χ2v) is 9.58. The van der Waals surface area contributed by atoms with Gasteiger partial charge in [-0.1, -0.05) is 0 Å². The topological polar surface area (TPSA) is 84.2 Å². The van der Waals surface area contributed by atoms with E-state index in [1.54, 1.807) is 30.5 Å². The van der Waals surface area contributed by atoms with Crippen LogP contribution in [-0.2, 0) is 4.74 Å². The summed E-state index contributed by atoms with van der Waals surface area (Å²) in [4.78, 5) is 9.01. The summed E-state index contributed by atoms with van der Waals surface area (Å²) >= 11 is 0. The van der Waals surface area contributed by atoms with Crippen LogP contribution in [0.25, 0.3) is 11.0 Å². The van der Waals surface area contributed by atoms with Crippen molar-refractivity contribution in [3.05, 3.63) is 66.1 Å². The van der Waals surface area contributed by atoms with Crippen molar-refractivity contribution >= 4 is 34.2 Å². The summed E-state index contributed by atoms with van der Waals surface area (Å²) in [5, 5.41) is 15.5. The van der Waals surface area contributed by atoms with Crippen molar-refractivity contribution in [3.63, 3.8) is 0 Å². The molecule has 1 aliphatic carbocycles. The number of hydrogen-bond donors (Lipinski definition) is 3. The van der Waals surface area contributed by atoms with Gasteiger partial charge in [-0.2, -0.15) is 0 Å². The summed E-state index contributed by atoms with van der Waals surface area (Å²) in [6, 6.07) is 9.78. The molecule has 2 aliphatic rings. The number of nitrogens with zero attached hydrogens (tertiary/aromatic N) is 3. The molecule has 1 spiro atoms. The van der Waals surface area contributed by atoms with Crippen LogP contribution < -0.4 is 10.6 Å². The highest BCUT2D eigenvalue weighted by atomic mass is 19.1. The van der Waals surface area contributed by atoms with E-state index in [-0.39, 0.29) is 23.2 Å². The number of aromatic hydroxyl groups is 1. The van der Waals surface area contributed by atoms with Gasteiger partial charge in [0.1, 0.15) is 28.6 Å². The molecule has 186 valence electrons. The first-order valence-electron chi connectivity index (χ1n) is 11.8. The van der Waals surface area contributed by atoms with E-state index >= 15 is 0 Å². The van der Waals surface area contributed by atoms with Crippen LogP contribution in [-0.4, -0.2) is 32.9 Å². The van der Waals surface area contributed by atoms with E-state index < -0.39 is 23.1 Å². The highest BCUT2D eigenvalue weighted by Crippen LogP contribution is 2.56. The molecule has 0 radical (unpaired) electrons. The Bertz CT molecular complexity index is 1400. The molecular formula is C26H24F3N5O2. The Balaban J connectivity index is 1.39. The molecule has 4 aromatic rings. The van der Waals surface area contributed by atoms with E-state index in [0.29, 0.717) is 23.5 Å². The van der Waals surface area contributed by atoms with Gasteiger partial charge in [0, 0.05) is 43.1 Å². The summed E-state index contributed by atoms with van der Waals surface area (Å²) < 4.78 is 49.9. The van der Waals surface area contributed by atoms with Crippen LogP contribution in [0, 0.1) is 22.9 Å². The Morgan fingerprint density at radius 2 is 1.67 bits per heavy atom. The van der Waals surface area contributed by atoms with Crippen molar-refractivity contribution in [3.8, 4) is 5.75 Å². The second-order valence-electron chi connectivity index (χ2n) is 9.58. The zero-order chi connectivity index (χ0) is 24.9. The summed E-state index contributed by atoms with van der Waals surface area (Å²) in [6.07, 6.45) is 5.35. The number of benzene rings is 2. The molecule has 0 amide bonds. The fraction of sp³-hybridized carbons (Fsp3) is 0.308. The van der Waals surface area contributed by atoms with Crippen LogP contribution in [0.3, 0.4) is 0 Å². The molecule has 1 saturated heterocycles. The number of hydrogen-bond acceptors (Lipinski definition) is 6. The molecule has 6 rings (SSSR count). The Morgan fingerprint density at radius 3 is 2.36 bits per heavy atom. The largest absolute Gasteiger partial charge is 0.508 e. The standard InChI is InChI=1S/C26H24F3N5O2/c27-15-9-19(28)24(20(29)10-15)33-25-32-21-14-30-23(31-16-1-3-18(35)4-2-16)11-22(21)34(25)17-12-26(13-17)5-7-36-8-6-26/h1-4,9-11,14,17,35H,5-8,12-13H2,(H,30,31)(H,32,33). The minimum Gasteiger partial charge on any atom is -0.508 e. The van der Waals surface area contributed by atoms with E-state index in [4.69, 9.17) is 4.74 Å². The fourth-order valence-electron chi connectivity index (χ4n) is 5.33. The van der Waals surface area contributed by atoms with Gasteiger partial charge in [0.05, 0.1) is 11.7 Å². The van der Waals surface area contributed by atoms with E-state index in [9.17, 15) is 18.3 Å². The van der Waals surface area contributed by atoms with E-state index in [0.717, 1.165) is 50.1 Å².